The molecule has 0 unspecified atom stereocenters. The van der Waals surface area contributed by atoms with Gasteiger partial charge in [-0.05, 0) is 48.1 Å². The standard InChI is InChI=1S/C18H14N2O2S/c21-16-4-1-3-12-9-14(6-7-15(12)16)22-18-19-10-13(11-20-18)17-5-2-8-23-17/h2,5-11H,1,3-4H2. The second-order valence-corrected chi connectivity index (χ2v) is 6.38. The number of hydrogen-bond donors (Lipinski definition) is 0. The van der Waals surface area contributed by atoms with Gasteiger partial charge in [0.25, 0.3) is 0 Å². The van der Waals surface area contributed by atoms with Crippen LogP contribution >= 0.6 is 11.3 Å². The van der Waals surface area contributed by atoms with E-state index in [2.05, 4.69) is 9.97 Å². The van der Waals surface area contributed by atoms with Crippen LogP contribution in [0.1, 0.15) is 28.8 Å². The Bertz CT molecular complexity index is 842. The van der Waals surface area contributed by atoms with Crippen molar-refractivity contribution in [2.45, 2.75) is 19.3 Å². The summed E-state index contributed by atoms with van der Waals surface area (Å²) in [5.41, 5.74) is 2.84. The molecule has 0 atom stereocenters. The van der Waals surface area contributed by atoms with Crippen LogP contribution in [0.5, 0.6) is 11.8 Å². The summed E-state index contributed by atoms with van der Waals surface area (Å²) >= 11 is 1.65. The number of hydrogen-bond acceptors (Lipinski definition) is 5. The Morgan fingerprint density at radius 2 is 1.96 bits per heavy atom. The number of ketones is 1. The van der Waals surface area contributed by atoms with E-state index in [1.165, 1.54) is 0 Å². The highest BCUT2D eigenvalue weighted by molar-refractivity contribution is 7.13. The lowest BCUT2D eigenvalue weighted by Crippen LogP contribution is -2.10. The molecular weight excluding hydrogens is 308 g/mol. The van der Waals surface area contributed by atoms with Crippen molar-refractivity contribution in [3.63, 3.8) is 0 Å². The summed E-state index contributed by atoms with van der Waals surface area (Å²) < 4.78 is 5.72. The molecule has 4 rings (SSSR count). The van der Waals surface area contributed by atoms with Crippen LogP contribution in [0.4, 0.5) is 0 Å². The third kappa shape index (κ3) is 2.87. The Labute approximate surface area is 137 Å². The van der Waals surface area contributed by atoms with E-state index < -0.39 is 0 Å². The third-order valence-electron chi connectivity index (χ3n) is 3.87. The van der Waals surface area contributed by atoms with Gasteiger partial charge in [0.1, 0.15) is 5.75 Å². The van der Waals surface area contributed by atoms with Crippen molar-refractivity contribution in [2.24, 2.45) is 0 Å². The second kappa shape index (κ2) is 5.93. The summed E-state index contributed by atoms with van der Waals surface area (Å²) in [6.45, 7) is 0. The van der Waals surface area contributed by atoms with E-state index in [-0.39, 0.29) is 5.78 Å². The predicted molar refractivity (Wildman–Crippen MR) is 89.1 cm³/mol. The number of thiophene rings is 1. The Morgan fingerprint density at radius 1 is 1.09 bits per heavy atom. The van der Waals surface area contributed by atoms with Crippen LogP contribution in [0.25, 0.3) is 10.4 Å². The number of carbonyl (C=O) groups is 1. The summed E-state index contributed by atoms with van der Waals surface area (Å²) in [6, 6.07) is 9.91. The Hall–Kier alpha value is -2.53. The highest BCUT2D eigenvalue weighted by Crippen LogP contribution is 2.28. The van der Waals surface area contributed by atoms with E-state index in [1.54, 1.807) is 29.8 Å². The van der Waals surface area contributed by atoms with Crippen LogP contribution in [-0.2, 0) is 6.42 Å². The summed E-state index contributed by atoms with van der Waals surface area (Å²) in [7, 11) is 0. The Morgan fingerprint density at radius 3 is 2.74 bits per heavy atom. The van der Waals surface area contributed by atoms with Gasteiger partial charge in [0.2, 0.25) is 0 Å². The highest BCUT2D eigenvalue weighted by Gasteiger charge is 2.17. The van der Waals surface area contributed by atoms with Gasteiger partial charge in [-0.2, -0.15) is 0 Å². The minimum Gasteiger partial charge on any atom is -0.424 e. The van der Waals surface area contributed by atoms with E-state index in [0.717, 1.165) is 34.4 Å². The maximum atomic E-state index is 11.8. The molecule has 0 aliphatic heterocycles. The van der Waals surface area contributed by atoms with Gasteiger partial charge in [0.15, 0.2) is 5.78 Å². The molecule has 1 aromatic carbocycles. The molecule has 2 heterocycles. The number of fused-ring (bicyclic) bond motifs is 1. The van der Waals surface area contributed by atoms with Crippen molar-refractivity contribution >= 4 is 17.1 Å². The molecule has 0 fully saturated rings. The maximum absolute atomic E-state index is 11.8. The first kappa shape index (κ1) is 14.1. The fourth-order valence-electron chi connectivity index (χ4n) is 2.73. The lowest BCUT2D eigenvalue weighted by molar-refractivity contribution is 0.0972. The van der Waals surface area contributed by atoms with Crippen molar-refractivity contribution < 1.29 is 9.53 Å². The summed E-state index contributed by atoms with van der Waals surface area (Å²) in [4.78, 5) is 21.5. The molecule has 23 heavy (non-hydrogen) atoms. The third-order valence-corrected chi connectivity index (χ3v) is 4.79. The molecule has 3 aromatic rings. The number of benzene rings is 1. The molecule has 0 radical (unpaired) electrons. The van der Waals surface area contributed by atoms with Gasteiger partial charge in [-0.3, -0.25) is 4.79 Å². The van der Waals surface area contributed by atoms with E-state index in [0.29, 0.717) is 18.2 Å². The average molecular weight is 322 g/mol. The summed E-state index contributed by atoms with van der Waals surface area (Å²) in [6.07, 6.45) is 5.98. The van der Waals surface area contributed by atoms with Gasteiger partial charge < -0.3 is 4.74 Å². The smallest absolute Gasteiger partial charge is 0.321 e. The molecule has 5 heteroatoms. The molecular formula is C18H14N2O2S. The summed E-state index contributed by atoms with van der Waals surface area (Å²) in [5.74, 6) is 0.886. The number of ether oxygens (including phenoxy) is 1. The molecule has 4 nitrogen and oxygen atoms in total. The van der Waals surface area contributed by atoms with Crippen LogP contribution in [0.3, 0.4) is 0 Å². The second-order valence-electron chi connectivity index (χ2n) is 5.43. The number of aromatic nitrogens is 2. The molecule has 1 aliphatic rings. The zero-order chi connectivity index (χ0) is 15.6. The van der Waals surface area contributed by atoms with E-state index in [1.807, 2.05) is 29.6 Å². The predicted octanol–water partition coefficient (Wildman–Crippen LogP) is 4.52. The van der Waals surface area contributed by atoms with Crippen LogP contribution in [0.2, 0.25) is 0 Å². The topological polar surface area (TPSA) is 52.1 Å². The fraction of sp³-hybridized carbons (Fsp3) is 0.167. The number of carbonyl (C=O) groups excluding carboxylic acids is 1. The minimum atomic E-state index is 0.217. The zero-order valence-electron chi connectivity index (χ0n) is 12.4. The largest absolute Gasteiger partial charge is 0.424 e. The molecule has 114 valence electrons. The normalized spacial score (nSPS) is 13.7. The molecule has 0 amide bonds. The van der Waals surface area contributed by atoms with Crippen LogP contribution in [-0.4, -0.2) is 15.8 Å². The highest BCUT2D eigenvalue weighted by atomic mass is 32.1. The first-order chi connectivity index (χ1) is 11.3. The van der Waals surface area contributed by atoms with E-state index in [4.69, 9.17) is 4.74 Å². The number of rotatable bonds is 3. The van der Waals surface area contributed by atoms with E-state index >= 15 is 0 Å². The van der Waals surface area contributed by atoms with Crippen LogP contribution in [0, 0.1) is 0 Å². The number of Topliss-reactive ketones (excluding diaryl/α,β-unsaturated/α-hetero) is 1. The number of nitrogens with zero attached hydrogens (tertiary/aromatic N) is 2. The van der Waals surface area contributed by atoms with Gasteiger partial charge in [0, 0.05) is 34.8 Å². The molecule has 0 N–H and O–H groups in total. The fourth-order valence-corrected chi connectivity index (χ4v) is 3.43. The Balaban J connectivity index is 1.55. The molecule has 1 aliphatic carbocycles. The molecule has 0 saturated carbocycles. The molecule has 0 saturated heterocycles. The molecule has 2 aromatic heterocycles. The number of aryl methyl sites for hydroxylation is 1. The van der Waals surface area contributed by atoms with Gasteiger partial charge >= 0.3 is 6.01 Å². The van der Waals surface area contributed by atoms with Gasteiger partial charge in [-0.25, -0.2) is 9.97 Å². The quantitative estimate of drug-likeness (QED) is 0.711. The van der Waals surface area contributed by atoms with Crippen molar-refractivity contribution in [1.29, 1.82) is 0 Å². The van der Waals surface area contributed by atoms with Crippen LogP contribution in [0.15, 0.2) is 48.1 Å². The van der Waals surface area contributed by atoms with Gasteiger partial charge in [-0.1, -0.05) is 6.07 Å². The van der Waals surface area contributed by atoms with Gasteiger partial charge in [0.05, 0.1) is 0 Å². The average Bonchev–Trinajstić information content (AvgIpc) is 3.10. The summed E-state index contributed by atoms with van der Waals surface area (Å²) in [5, 5.41) is 2.02. The zero-order valence-corrected chi connectivity index (χ0v) is 13.2. The lowest BCUT2D eigenvalue weighted by Gasteiger charge is -2.15. The maximum Gasteiger partial charge on any atom is 0.321 e. The van der Waals surface area contributed by atoms with Crippen molar-refractivity contribution in [3.8, 4) is 22.2 Å². The van der Waals surface area contributed by atoms with Gasteiger partial charge in [-0.15, -0.1) is 11.3 Å². The Kier molecular flexibility index (Phi) is 3.63. The van der Waals surface area contributed by atoms with Crippen LogP contribution < -0.4 is 4.74 Å². The first-order valence-electron chi connectivity index (χ1n) is 7.49. The van der Waals surface area contributed by atoms with E-state index in [9.17, 15) is 4.79 Å². The lowest BCUT2D eigenvalue weighted by atomic mass is 9.91. The minimum absolute atomic E-state index is 0.217. The molecule has 0 spiro atoms. The van der Waals surface area contributed by atoms with Crippen molar-refractivity contribution in [2.75, 3.05) is 0 Å². The van der Waals surface area contributed by atoms with Crippen molar-refractivity contribution in [1.82, 2.24) is 9.97 Å². The molecule has 0 bridgehead atoms. The van der Waals surface area contributed by atoms with Crippen molar-refractivity contribution in [3.05, 3.63) is 59.2 Å². The first-order valence-corrected chi connectivity index (χ1v) is 8.37. The SMILES string of the molecule is O=C1CCCc2cc(Oc3ncc(-c4cccs4)cn3)ccc21. The monoisotopic (exact) mass is 322 g/mol.